The Morgan fingerprint density at radius 3 is 2.21 bits per heavy atom. The Bertz CT molecular complexity index is 1540. The van der Waals surface area contributed by atoms with Gasteiger partial charge < -0.3 is 14.6 Å². The molecular formula is C33H36F3N5O2. The summed E-state index contributed by atoms with van der Waals surface area (Å²) in [6.45, 7) is 6.00. The maximum Gasteiger partial charge on any atom is 0.416 e. The van der Waals surface area contributed by atoms with E-state index in [1.54, 1.807) is 7.11 Å². The number of rotatable bonds is 7. The lowest BCUT2D eigenvalue weighted by atomic mass is 9.93. The van der Waals surface area contributed by atoms with Crippen LogP contribution in [0.2, 0.25) is 0 Å². The van der Waals surface area contributed by atoms with Crippen molar-refractivity contribution < 1.29 is 22.7 Å². The molecule has 0 unspecified atom stereocenters. The predicted octanol–water partition coefficient (Wildman–Crippen LogP) is 5.93. The van der Waals surface area contributed by atoms with Crippen molar-refractivity contribution >= 4 is 16.8 Å². The number of piperidine rings is 1. The number of aromatic amines is 1. The molecule has 2 aliphatic heterocycles. The summed E-state index contributed by atoms with van der Waals surface area (Å²) in [6.07, 6.45) is -0.312. The van der Waals surface area contributed by atoms with Gasteiger partial charge in [0.1, 0.15) is 0 Å². The van der Waals surface area contributed by atoms with Gasteiger partial charge in [0.2, 0.25) is 5.88 Å². The van der Waals surface area contributed by atoms with Crippen molar-refractivity contribution in [1.82, 2.24) is 24.7 Å². The molecule has 2 aromatic heterocycles. The van der Waals surface area contributed by atoms with Crippen LogP contribution in [0.25, 0.3) is 10.9 Å². The highest BCUT2D eigenvalue weighted by molar-refractivity contribution is 5.98. The lowest BCUT2D eigenvalue weighted by Gasteiger charge is -2.34. The van der Waals surface area contributed by atoms with E-state index in [0.29, 0.717) is 50.1 Å². The van der Waals surface area contributed by atoms with E-state index in [9.17, 15) is 18.0 Å². The number of H-pyrrole nitrogens is 1. The molecule has 0 radical (unpaired) electrons. The molecule has 0 saturated carbocycles. The minimum absolute atomic E-state index is 0.0140. The van der Waals surface area contributed by atoms with Gasteiger partial charge in [0.25, 0.3) is 5.91 Å². The molecule has 1 N–H and O–H groups in total. The minimum atomic E-state index is -4.33. The zero-order chi connectivity index (χ0) is 30.0. The van der Waals surface area contributed by atoms with Gasteiger partial charge in [-0.15, -0.1) is 0 Å². The Hall–Kier alpha value is -3.89. The molecule has 2 aliphatic rings. The van der Waals surface area contributed by atoms with Gasteiger partial charge in [0.05, 0.1) is 12.7 Å². The molecule has 2 fully saturated rings. The first kappa shape index (κ1) is 29.2. The summed E-state index contributed by atoms with van der Waals surface area (Å²) in [4.78, 5) is 27.8. The van der Waals surface area contributed by atoms with Crippen LogP contribution in [-0.4, -0.2) is 77.0 Å². The summed E-state index contributed by atoms with van der Waals surface area (Å²) >= 11 is 0. The molecule has 226 valence electrons. The number of fused-ring (bicyclic) bond motifs is 1. The van der Waals surface area contributed by atoms with Gasteiger partial charge in [-0.1, -0.05) is 18.2 Å². The predicted molar refractivity (Wildman–Crippen MR) is 159 cm³/mol. The fourth-order valence-electron chi connectivity index (χ4n) is 6.14. The Kier molecular flexibility index (Phi) is 8.41. The molecule has 10 heteroatoms. The molecule has 6 rings (SSSR count). The molecule has 1 amide bonds. The monoisotopic (exact) mass is 591 g/mol. The Morgan fingerprint density at radius 1 is 0.884 bits per heavy atom. The smallest absolute Gasteiger partial charge is 0.416 e. The van der Waals surface area contributed by atoms with E-state index in [-0.39, 0.29) is 5.91 Å². The molecule has 0 spiro atoms. The van der Waals surface area contributed by atoms with Crippen molar-refractivity contribution in [3.8, 4) is 5.88 Å². The Labute approximate surface area is 249 Å². The Morgan fingerprint density at radius 2 is 1.56 bits per heavy atom. The van der Waals surface area contributed by atoms with Crippen LogP contribution in [0, 0.1) is 0 Å². The number of amides is 1. The van der Waals surface area contributed by atoms with Crippen LogP contribution in [0.15, 0.2) is 66.9 Å². The van der Waals surface area contributed by atoms with Gasteiger partial charge >= 0.3 is 6.18 Å². The molecule has 43 heavy (non-hydrogen) atoms. The van der Waals surface area contributed by atoms with Gasteiger partial charge in [-0.3, -0.25) is 14.6 Å². The number of nitrogens with zero attached hydrogens (tertiary/aromatic N) is 4. The third-order valence-electron chi connectivity index (χ3n) is 8.68. The van der Waals surface area contributed by atoms with E-state index >= 15 is 0 Å². The van der Waals surface area contributed by atoms with E-state index < -0.39 is 11.7 Å². The summed E-state index contributed by atoms with van der Waals surface area (Å²) in [5.74, 6) is 1.10. The first-order valence-corrected chi connectivity index (χ1v) is 14.8. The number of hydrogen-bond donors (Lipinski definition) is 1. The van der Waals surface area contributed by atoms with Crippen LogP contribution in [0.4, 0.5) is 13.2 Å². The number of piperazine rings is 1. The molecular weight excluding hydrogens is 555 g/mol. The van der Waals surface area contributed by atoms with Crippen molar-refractivity contribution in [2.24, 2.45) is 0 Å². The van der Waals surface area contributed by atoms with Crippen LogP contribution < -0.4 is 4.74 Å². The number of hydrogen-bond acceptors (Lipinski definition) is 5. The fourth-order valence-corrected chi connectivity index (χ4v) is 6.14. The molecule has 4 aromatic rings. The Balaban J connectivity index is 1.01. The maximum atomic E-state index is 13.3. The molecule has 0 bridgehead atoms. The van der Waals surface area contributed by atoms with Crippen LogP contribution in [-0.2, 0) is 19.3 Å². The third kappa shape index (κ3) is 6.86. The van der Waals surface area contributed by atoms with Crippen molar-refractivity contribution in [1.29, 1.82) is 0 Å². The lowest BCUT2D eigenvalue weighted by molar-refractivity contribution is -0.137. The number of aromatic nitrogens is 2. The average Bonchev–Trinajstić information content (AvgIpc) is 3.45. The second-order valence-corrected chi connectivity index (χ2v) is 11.5. The second kappa shape index (κ2) is 12.4. The standard InChI is InChI=1S/C33H36F3N5O2/c1-43-31-9-4-24(20-37-31)22-39-12-10-25(11-13-39)30-19-27-18-26(5-8-29(27)38-30)32(42)41-16-14-40(15-17-41)21-23-2-6-28(7-3-23)33(34,35)36/h2-9,18-20,25,38H,10-17,21-22H2,1H3. The zero-order valence-electron chi connectivity index (χ0n) is 24.2. The number of ether oxygens (including phenoxy) is 1. The highest BCUT2D eigenvalue weighted by Gasteiger charge is 2.30. The van der Waals surface area contributed by atoms with Gasteiger partial charge in [0.15, 0.2) is 0 Å². The van der Waals surface area contributed by atoms with Gasteiger partial charge in [-0.2, -0.15) is 13.2 Å². The number of pyridine rings is 1. The number of nitrogens with one attached hydrogen (secondary N) is 1. The van der Waals surface area contributed by atoms with Crippen LogP contribution in [0.3, 0.4) is 0 Å². The van der Waals surface area contributed by atoms with E-state index in [1.165, 1.54) is 23.4 Å². The molecule has 0 atom stereocenters. The second-order valence-electron chi connectivity index (χ2n) is 11.5. The van der Waals surface area contributed by atoms with E-state index in [1.807, 2.05) is 35.4 Å². The SMILES string of the molecule is COc1ccc(CN2CCC(c3cc4cc(C(=O)N5CCN(Cc6ccc(C(F)(F)F)cc6)CC5)ccc4[nH]3)CC2)cn1. The van der Waals surface area contributed by atoms with Crippen LogP contribution >= 0.6 is 0 Å². The summed E-state index contributed by atoms with van der Waals surface area (Å²) in [7, 11) is 1.62. The first-order valence-electron chi connectivity index (χ1n) is 14.8. The number of halogens is 3. The summed E-state index contributed by atoms with van der Waals surface area (Å²) < 4.78 is 43.7. The number of carbonyl (C=O) groups is 1. The molecule has 0 aliphatic carbocycles. The van der Waals surface area contributed by atoms with Gasteiger partial charge in [-0.05, 0) is 73.5 Å². The van der Waals surface area contributed by atoms with Gasteiger partial charge in [0, 0.05) is 79.6 Å². The zero-order valence-corrected chi connectivity index (χ0v) is 24.2. The van der Waals surface area contributed by atoms with Crippen molar-refractivity contribution in [2.45, 2.75) is 38.0 Å². The topological polar surface area (TPSA) is 64.7 Å². The van der Waals surface area contributed by atoms with Gasteiger partial charge in [-0.25, -0.2) is 4.98 Å². The highest BCUT2D eigenvalue weighted by Crippen LogP contribution is 2.32. The number of methoxy groups -OCH3 is 1. The van der Waals surface area contributed by atoms with E-state index in [2.05, 4.69) is 31.9 Å². The molecule has 2 aromatic carbocycles. The van der Waals surface area contributed by atoms with E-state index in [4.69, 9.17) is 4.74 Å². The lowest BCUT2D eigenvalue weighted by Crippen LogP contribution is -2.48. The number of alkyl halides is 3. The van der Waals surface area contributed by atoms with Crippen LogP contribution in [0.5, 0.6) is 5.88 Å². The third-order valence-corrected chi connectivity index (χ3v) is 8.68. The number of benzene rings is 2. The van der Waals surface area contributed by atoms with Crippen molar-refractivity contribution in [3.63, 3.8) is 0 Å². The number of carbonyl (C=O) groups excluding carboxylic acids is 1. The number of likely N-dealkylation sites (tertiary alicyclic amines) is 1. The summed E-state index contributed by atoms with van der Waals surface area (Å²) in [5, 5.41) is 1.05. The minimum Gasteiger partial charge on any atom is -0.481 e. The largest absolute Gasteiger partial charge is 0.481 e. The highest BCUT2D eigenvalue weighted by atomic mass is 19.4. The molecule has 7 nitrogen and oxygen atoms in total. The average molecular weight is 592 g/mol. The molecule has 4 heterocycles. The summed E-state index contributed by atoms with van der Waals surface area (Å²) in [6, 6.07) is 17.4. The maximum absolute atomic E-state index is 13.3. The van der Waals surface area contributed by atoms with E-state index in [0.717, 1.165) is 61.1 Å². The quantitative estimate of drug-likeness (QED) is 0.289. The molecule has 2 saturated heterocycles. The first-order chi connectivity index (χ1) is 20.7. The van der Waals surface area contributed by atoms with Crippen molar-refractivity contribution in [2.75, 3.05) is 46.4 Å². The van der Waals surface area contributed by atoms with Crippen molar-refractivity contribution in [3.05, 3.63) is 94.8 Å². The van der Waals surface area contributed by atoms with Crippen LogP contribution in [0.1, 0.15) is 51.5 Å². The summed E-state index contributed by atoms with van der Waals surface area (Å²) in [5.41, 5.74) is 4.32. The normalized spacial score (nSPS) is 17.4. The fraction of sp³-hybridized carbons (Fsp3) is 0.394.